The zero-order chi connectivity index (χ0) is 10.7. The van der Waals surface area contributed by atoms with Crippen molar-refractivity contribution in [2.75, 3.05) is 0 Å². The fourth-order valence-corrected chi connectivity index (χ4v) is 1.72. The molecule has 76 valence electrons. The summed E-state index contributed by atoms with van der Waals surface area (Å²) < 4.78 is 0. The molecule has 0 bridgehead atoms. The average molecular weight is 198 g/mol. The van der Waals surface area contributed by atoms with Crippen LogP contribution in [0.4, 0.5) is 0 Å². The van der Waals surface area contributed by atoms with Gasteiger partial charge < -0.3 is 5.11 Å². The molecule has 1 unspecified atom stereocenters. The van der Waals surface area contributed by atoms with Crippen LogP contribution < -0.4 is 0 Å². The molecule has 1 aromatic rings. The summed E-state index contributed by atoms with van der Waals surface area (Å²) >= 11 is 0. The largest absolute Gasteiger partial charge is 0.381 e. The van der Waals surface area contributed by atoms with Gasteiger partial charge in [0.2, 0.25) is 0 Å². The Morgan fingerprint density at radius 1 is 1.00 bits per heavy atom. The van der Waals surface area contributed by atoms with Gasteiger partial charge in [-0.2, -0.15) is 0 Å². The first-order chi connectivity index (χ1) is 7.20. The fraction of sp³-hybridized carbons (Fsp3) is 0.143. The van der Waals surface area contributed by atoms with Gasteiger partial charge in [0.05, 0.1) is 0 Å². The van der Waals surface area contributed by atoms with Crippen molar-refractivity contribution in [3.63, 3.8) is 0 Å². The van der Waals surface area contributed by atoms with E-state index in [0.29, 0.717) is 0 Å². The normalized spacial score (nSPS) is 24.8. The van der Waals surface area contributed by atoms with Gasteiger partial charge in [-0.1, -0.05) is 54.6 Å². The van der Waals surface area contributed by atoms with Gasteiger partial charge in [-0.15, -0.1) is 0 Å². The van der Waals surface area contributed by atoms with Crippen LogP contribution in [0.3, 0.4) is 0 Å². The molecule has 0 saturated heterocycles. The zero-order valence-electron chi connectivity index (χ0n) is 8.72. The van der Waals surface area contributed by atoms with E-state index in [0.717, 1.165) is 11.1 Å². The van der Waals surface area contributed by atoms with E-state index >= 15 is 0 Å². The Bertz CT molecular complexity index is 422. The first-order valence-electron chi connectivity index (χ1n) is 5.04. The summed E-state index contributed by atoms with van der Waals surface area (Å²) in [5.41, 5.74) is 1.08. The Hall–Kier alpha value is -1.60. The molecular formula is C14H14O. The van der Waals surface area contributed by atoms with Crippen molar-refractivity contribution in [2.24, 2.45) is 0 Å². The van der Waals surface area contributed by atoms with Gasteiger partial charge in [-0.05, 0) is 24.1 Å². The van der Waals surface area contributed by atoms with Crippen LogP contribution in [0.5, 0.6) is 0 Å². The lowest BCUT2D eigenvalue weighted by Gasteiger charge is -2.22. The second-order valence-electron chi connectivity index (χ2n) is 3.84. The van der Waals surface area contributed by atoms with Gasteiger partial charge in [0.1, 0.15) is 5.60 Å². The van der Waals surface area contributed by atoms with E-state index in [4.69, 9.17) is 0 Å². The summed E-state index contributed by atoms with van der Waals surface area (Å²) in [6.07, 6.45) is 9.49. The third-order valence-electron chi connectivity index (χ3n) is 2.54. The minimum Gasteiger partial charge on any atom is -0.381 e. The molecule has 1 aliphatic rings. The van der Waals surface area contributed by atoms with Crippen molar-refractivity contribution in [1.29, 1.82) is 0 Å². The highest BCUT2D eigenvalue weighted by molar-refractivity contribution is 5.75. The monoisotopic (exact) mass is 198 g/mol. The average Bonchev–Trinajstić information content (AvgIpc) is 2.40. The Morgan fingerprint density at radius 2 is 1.73 bits per heavy atom. The molecule has 0 spiro atoms. The molecule has 0 saturated carbocycles. The first-order valence-corrected chi connectivity index (χ1v) is 5.04. The van der Waals surface area contributed by atoms with Crippen molar-refractivity contribution in [3.05, 3.63) is 66.3 Å². The van der Waals surface area contributed by atoms with Gasteiger partial charge in [-0.3, -0.25) is 0 Å². The lowest BCUT2D eigenvalue weighted by Crippen LogP contribution is -2.22. The topological polar surface area (TPSA) is 20.2 Å². The Kier molecular flexibility index (Phi) is 2.57. The summed E-state index contributed by atoms with van der Waals surface area (Å²) in [6.45, 7) is 1.80. The predicted octanol–water partition coefficient (Wildman–Crippen LogP) is 2.95. The molecule has 1 heteroatoms. The van der Waals surface area contributed by atoms with E-state index in [-0.39, 0.29) is 0 Å². The lowest BCUT2D eigenvalue weighted by molar-refractivity contribution is 0.174. The van der Waals surface area contributed by atoms with Crippen LogP contribution in [-0.4, -0.2) is 10.7 Å². The molecule has 0 amide bonds. The van der Waals surface area contributed by atoms with E-state index in [1.54, 1.807) is 13.0 Å². The van der Waals surface area contributed by atoms with Crippen LogP contribution >= 0.6 is 0 Å². The minimum absolute atomic E-state index is 0.898. The number of rotatable bonds is 1. The first kappa shape index (κ1) is 9.94. The highest BCUT2D eigenvalue weighted by atomic mass is 16.3. The van der Waals surface area contributed by atoms with E-state index in [1.807, 2.05) is 54.6 Å². The molecule has 0 aliphatic heterocycles. The lowest BCUT2D eigenvalue weighted by atomic mass is 9.90. The van der Waals surface area contributed by atoms with Crippen LogP contribution in [0.25, 0.3) is 5.57 Å². The van der Waals surface area contributed by atoms with Crippen molar-refractivity contribution in [3.8, 4) is 0 Å². The van der Waals surface area contributed by atoms with Crippen LogP contribution in [-0.2, 0) is 0 Å². The zero-order valence-corrected chi connectivity index (χ0v) is 8.72. The molecule has 0 radical (unpaired) electrons. The maximum Gasteiger partial charge on any atom is 0.106 e. The van der Waals surface area contributed by atoms with Crippen molar-refractivity contribution in [2.45, 2.75) is 12.5 Å². The molecule has 1 N–H and O–H groups in total. The number of benzene rings is 1. The molecule has 1 aromatic carbocycles. The second-order valence-corrected chi connectivity index (χ2v) is 3.84. The van der Waals surface area contributed by atoms with Crippen molar-refractivity contribution < 1.29 is 5.11 Å². The Labute approximate surface area is 90.1 Å². The number of allylic oxidation sites excluding steroid dienone is 4. The molecule has 1 aliphatic carbocycles. The van der Waals surface area contributed by atoms with Gasteiger partial charge in [-0.25, -0.2) is 0 Å². The maximum atomic E-state index is 10.3. The number of aliphatic hydroxyl groups is 1. The molecule has 2 rings (SSSR count). The molecule has 1 atom stereocenters. The van der Waals surface area contributed by atoms with Gasteiger partial charge in [0.15, 0.2) is 0 Å². The fourth-order valence-electron chi connectivity index (χ4n) is 1.72. The highest BCUT2D eigenvalue weighted by Gasteiger charge is 2.23. The van der Waals surface area contributed by atoms with E-state index in [9.17, 15) is 5.11 Å². The van der Waals surface area contributed by atoms with E-state index in [1.165, 1.54) is 0 Å². The maximum absolute atomic E-state index is 10.3. The Morgan fingerprint density at radius 3 is 2.47 bits per heavy atom. The highest BCUT2D eigenvalue weighted by Crippen LogP contribution is 2.29. The number of hydrogen-bond acceptors (Lipinski definition) is 1. The molecule has 0 aromatic heterocycles. The van der Waals surface area contributed by atoms with Crippen LogP contribution in [0.15, 0.2) is 60.7 Å². The standard InChI is InChI=1S/C14H14O/c1-14(15)11-7-3-6-10-13(14)12-8-4-2-5-9-12/h2-11,15H,1H3. The van der Waals surface area contributed by atoms with Crippen LogP contribution in [0.2, 0.25) is 0 Å². The summed E-state index contributed by atoms with van der Waals surface area (Å²) in [6, 6.07) is 9.94. The van der Waals surface area contributed by atoms with Gasteiger partial charge in [0.25, 0.3) is 0 Å². The molecule has 15 heavy (non-hydrogen) atoms. The SMILES string of the molecule is CC1(O)C=CC=CC=C1c1ccccc1. The van der Waals surface area contributed by atoms with Crippen LogP contribution in [0.1, 0.15) is 12.5 Å². The summed E-state index contributed by atoms with van der Waals surface area (Å²) in [5.74, 6) is 0. The summed E-state index contributed by atoms with van der Waals surface area (Å²) in [5, 5.41) is 10.3. The third-order valence-corrected chi connectivity index (χ3v) is 2.54. The Balaban J connectivity index is 2.48. The van der Waals surface area contributed by atoms with Crippen LogP contribution in [0, 0.1) is 0 Å². The van der Waals surface area contributed by atoms with Crippen molar-refractivity contribution in [1.82, 2.24) is 0 Å². The van der Waals surface area contributed by atoms with Crippen molar-refractivity contribution >= 4 is 5.57 Å². The smallest absolute Gasteiger partial charge is 0.106 e. The minimum atomic E-state index is -0.898. The summed E-state index contributed by atoms with van der Waals surface area (Å²) in [4.78, 5) is 0. The molecule has 0 heterocycles. The second kappa shape index (κ2) is 3.87. The van der Waals surface area contributed by atoms with Gasteiger partial charge >= 0.3 is 0 Å². The molecule has 0 fully saturated rings. The van der Waals surface area contributed by atoms with Gasteiger partial charge in [0, 0.05) is 0 Å². The molecular weight excluding hydrogens is 184 g/mol. The number of hydrogen-bond donors (Lipinski definition) is 1. The quantitative estimate of drug-likeness (QED) is 0.735. The predicted molar refractivity (Wildman–Crippen MR) is 63.3 cm³/mol. The molecule has 1 nitrogen and oxygen atoms in total. The van der Waals surface area contributed by atoms with E-state index in [2.05, 4.69) is 0 Å². The van der Waals surface area contributed by atoms with E-state index < -0.39 is 5.60 Å². The third kappa shape index (κ3) is 2.08. The summed E-state index contributed by atoms with van der Waals surface area (Å²) in [7, 11) is 0.